The van der Waals surface area contributed by atoms with E-state index in [1.54, 1.807) is 0 Å². The number of nitrogen functional groups attached to an aromatic ring is 1. The monoisotopic (exact) mass is 604 g/mol. The van der Waals surface area contributed by atoms with Crippen molar-refractivity contribution >= 4 is 63.6 Å². The minimum absolute atomic E-state index is 0.00706. The van der Waals surface area contributed by atoms with Crippen molar-refractivity contribution in [3.8, 4) is 0 Å². The number of likely N-dealkylation sites (N-methyl/N-ethyl adjacent to an activating group) is 1. The Bertz CT molecular complexity index is 1440. The Morgan fingerprint density at radius 2 is 2.02 bits per heavy atom. The van der Waals surface area contributed by atoms with Crippen molar-refractivity contribution in [2.45, 2.75) is 18.0 Å². The number of fused-ring (bicyclic) bond motifs is 1. The largest absolute Gasteiger partial charge is 0.477 e. The van der Waals surface area contributed by atoms with Gasteiger partial charge in [0, 0.05) is 53.8 Å². The van der Waals surface area contributed by atoms with E-state index in [1.807, 2.05) is 36.1 Å². The predicted octanol–water partition coefficient (Wildman–Crippen LogP) is -1.20. The fraction of sp³-hybridized carbons (Fsp3) is 0.304. The number of β-lactam (4-membered cyclic amide) rings is 1. The molecule has 0 unspecified atom stereocenters. The summed E-state index contributed by atoms with van der Waals surface area (Å²) >= 11 is 2.05. The zero-order valence-corrected chi connectivity index (χ0v) is 23.2. The standard InChI is InChI=1S/C23H25N9O7S2/c1-11(21(35)36)39-29-14(17-28-23(24)41-30-17)18(33)27-15-19(34)32-16(22(37)38)12(10-40-20(15)32)9-31-7-3-13(4-8-31)26-6-5-25-2/h3-4,7-8,15,20,25H,1,5-6,9-10H2,2H3,(H5,24,27,28,30,33,35,36,37,38)/p+1/b29-14-/t15-,20-/m1/s1. The van der Waals surface area contributed by atoms with Crippen LogP contribution in [-0.4, -0.2) is 91.2 Å². The highest BCUT2D eigenvalue weighted by atomic mass is 32.2. The third kappa shape index (κ3) is 6.61. The Kier molecular flexibility index (Phi) is 9.15. The van der Waals surface area contributed by atoms with E-state index in [1.165, 1.54) is 11.8 Å². The molecule has 216 valence electrons. The number of nitrogens with two attached hydrogens (primary N) is 1. The highest BCUT2D eigenvalue weighted by Gasteiger charge is 2.55. The summed E-state index contributed by atoms with van der Waals surface area (Å²) in [6.07, 6.45) is 3.63. The Morgan fingerprint density at radius 3 is 2.63 bits per heavy atom. The lowest BCUT2D eigenvalue weighted by molar-refractivity contribution is -0.688. The molecule has 2 aliphatic heterocycles. The summed E-state index contributed by atoms with van der Waals surface area (Å²) in [5.74, 6) is -5.10. The number of hydrogen-bond acceptors (Lipinski definition) is 13. The fourth-order valence-corrected chi connectivity index (χ4v) is 5.67. The van der Waals surface area contributed by atoms with Crippen molar-refractivity contribution in [3.63, 3.8) is 0 Å². The second kappa shape index (κ2) is 12.7. The fourth-order valence-electron chi connectivity index (χ4n) is 3.90. The van der Waals surface area contributed by atoms with Gasteiger partial charge in [-0.05, 0) is 13.6 Å². The summed E-state index contributed by atoms with van der Waals surface area (Å²) in [4.78, 5) is 59.1. The maximum atomic E-state index is 13.1. The number of nitrogens with zero attached hydrogens (tertiary/aromatic N) is 5. The number of hydrogen-bond donors (Lipinski definition) is 6. The first-order valence-corrected chi connectivity index (χ1v) is 13.8. The number of oxime groups is 1. The smallest absolute Gasteiger partial charge is 0.374 e. The molecule has 4 heterocycles. The van der Waals surface area contributed by atoms with E-state index in [9.17, 15) is 24.3 Å². The van der Waals surface area contributed by atoms with Crippen LogP contribution in [0.1, 0.15) is 5.82 Å². The maximum Gasteiger partial charge on any atom is 0.374 e. The topological polar surface area (TPSA) is 225 Å². The van der Waals surface area contributed by atoms with Crippen molar-refractivity contribution in [2.24, 2.45) is 5.16 Å². The number of aliphatic carboxylic acids is 2. The molecule has 7 N–H and O–H groups in total. The lowest BCUT2D eigenvalue weighted by Crippen LogP contribution is -2.71. The van der Waals surface area contributed by atoms with E-state index in [0.717, 1.165) is 35.2 Å². The summed E-state index contributed by atoms with van der Waals surface area (Å²) < 4.78 is 5.69. The minimum Gasteiger partial charge on any atom is -0.477 e. The normalized spacial score (nSPS) is 18.3. The molecule has 2 aromatic rings. The molecule has 18 heteroatoms. The first-order chi connectivity index (χ1) is 19.6. The SMILES string of the molecule is C=C(O/N=C(\C(=O)N[C@@H]1C(=O)N2C(C(=O)O)=C(C[n+]3ccc(NCCNC)cc3)CS[C@H]12)c1nsc(N)n1)C(=O)O. The molecule has 2 amide bonds. The van der Waals surface area contributed by atoms with E-state index in [-0.39, 0.29) is 23.2 Å². The van der Waals surface area contributed by atoms with Crippen LogP contribution < -0.4 is 26.3 Å². The number of thioether (sulfide) groups is 1. The molecule has 0 radical (unpaired) electrons. The van der Waals surface area contributed by atoms with Gasteiger partial charge in [0.2, 0.25) is 17.3 Å². The Morgan fingerprint density at radius 1 is 1.29 bits per heavy atom. The number of pyridine rings is 1. The number of carboxylic acid groups (broad SMARTS) is 2. The summed E-state index contributed by atoms with van der Waals surface area (Å²) in [5.41, 5.74) is 6.35. The van der Waals surface area contributed by atoms with Crippen molar-refractivity contribution in [3.05, 3.63) is 54.0 Å². The van der Waals surface area contributed by atoms with Crippen LogP contribution in [0.25, 0.3) is 0 Å². The Hall–Kier alpha value is -4.55. The number of anilines is 2. The summed E-state index contributed by atoms with van der Waals surface area (Å²) in [6, 6.07) is 2.65. The van der Waals surface area contributed by atoms with Crippen LogP contribution in [-0.2, 0) is 30.6 Å². The Labute approximate surface area is 241 Å². The molecule has 1 fully saturated rings. The van der Waals surface area contributed by atoms with E-state index in [0.29, 0.717) is 11.3 Å². The molecule has 0 spiro atoms. The lowest BCUT2D eigenvalue weighted by Gasteiger charge is -2.49. The van der Waals surface area contributed by atoms with Gasteiger partial charge in [-0.15, -0.1) is 11.8 Å². The van der Waals surface area contributed by atoms with Gasteiger partial charge in [0.15, 0.2) is 24.1 Å². The lowest BCUT2D eigenvalue weighted by atomic mass is 10.0. The highest BCUT2D eigenvalue weighted by Crippen LogP contribution is 2.40. The van der Waals surface area contributed by atoms with Crippen molar-refractivity contribution < 1.29 is 38.8 Å². The van der Waals surface area contributed by atoms with Crippen LogP contribution in [0.15, 0.2) is 53.3 Å². The van der Waals surface area contributed by atoms with Crippen molar-refractivity contribution in [1.29, 1.82) is 0 Å². The van der Waals surface area contributed by atoms with Gasteiger partial charge in [-0.1, -0.05) is 5.16 Å². The molecule has 0 saturated carbocycles. The quantitative estimate of drug-likeness (QED) is 0.0301. The number of rotatable bonds is 13. The van der Waals surface area contributed by atoms with Gasteiger partial charge in [-0.3, -0.25) is 14.5 Å². The molecule has 2 aliphatic rings. The van der Waals surface area contributed by atoms with Crippen LogP contribution in [0.5, 0.6) is 0 Å². The summed E-state index contributed by atoms with van der Waals surface area (Å²) in [6.45, 7) is 4.95. The van der Waals surface area contributed by atoms with Gasteiger partial charge < -0.3 is 36.7 Å². The van der Waals surface area contributed by atoms with Gasteiger partial charge >= 0.3 is 11.9 Å². The average molecular weight is 605 g/mol. The van der Waals surface area contributed by atoms with Crippen LogP contribution in [0.4, 0.5) is 10.8 Å². The maximum absolute atomic E-state index is 13.1. The predicted molar refractivity (Wildman–Crippen MR) is 147 cm³/mol. The van der Waals surface area contributed by atoms with Crippen LogP contribution in [0.3, 0.4) is 0 Å². The highest BCUT2D eigenvalue weighted by molar-refractivity contribution is 8.00. The van der Waals surface area contributed by atoms with Gasteiger partial charge in [-0.25, -0.2) is 14.2 Å². The molecular formula is C23H26N9O7S2+. The third-order valence-corrected chi connectivity index (χ3v) is 7.74. The number of carbonyl (C=O) groups is 4. The van der Waals surface area contributed by atoms with Crippen LogP contribution in [0.2, 0.25) is 0 Å². The van der Waals surface area contributed by atoms with Crippen LogP contribution in [0, 0.1) is 0 Å². The second-order valence-corrected chi connectivity index (χ2v) is 10.5. The van der Waals surface area contributed by atoms with E-state index >= 15 is 0 Å². The van der Waals surface area contributed by atoms with E-state index in [2.05, 4.69) is 37.0 Å². The summed E-state index contributed by atoms with van der Waals surface area (Å²) in [5, 5.41) is 30.5. The molecule has 0 bridgehead atoms. The Balaban J connectivity index is 1.48. The molecule has 16 nitrogen and oxygen atoms in total. The third-order valence-electron chi connectivity index (χ3n) is 5.86. The number of carboxylic acids is 2. The molecule has 1 saturated heterocycles. The van der Waals surface area contributed by atoms with Crippen molar-refractivity contribution in [1.82, 2.24) is 24.9 Å². The number of carbonyl (C=O) groups excluding carboxylic acids is 2. The number of nitrogens with one attached hydrogen (secondary N) is 3. The molecule has 0 aliphatic carbocycles. The van der Waals surface area contributed by atoms with Gasteiger partial charge in [0.05, 0.1) is 0 Å². The number of aromatic nitrogens is 3. The van der Waals surface area contributed by atoms with Crippen LogP contribution >= 0.6 is 23.3 Å². The first-order valence-electron chi connectivity index (χ1n) is 12.0. The average Bonchev–Trinajstić information content (AvgIpc) is 3.37. The molecule has 4 rings (SSSR count). The zero-order valence-electron chi connectivity index (χ0n) is 21.6. The van der Waals surface area contributed by atoms with Crippen molar-refractivity contribution in [2.75, 3.05) is 36.9 Å². The van der Waals surface area contributed by atoms with Gasteiger partial charge in [0.1, 0.15) is 17.1 Å². The molecule has 2 aromatic heterocycles. The molecule has 2 atom stereocenters. The van der Waals surface area contributed by atoms with Gasteiger partial charge in [-0.2, -0.15) is 9.36 Å². The number of amides is 2. The van der Waals surface area contributed by atoms with Gasteiger partial charge in [0.25, 0.3) is 11.8 Å². The summed E-state index contributed by atoms with van der Waals surface area (Å²) in [7, 11) is 1.86. The first kappa shape index (κ1) is 29.4. The zero-order chi connectivity index (χ0) is 29.7. The molecule has 0 aromatic carbocycles. The van der Waals surface area contributed by atoms with E-state index in [4.69, 9.17) is 15.7 Å². The minimum atomic E-state index is -1.51. The molecule has 41 heavy (non-hydrogen) atoms. The molecular weight excluding hydrogens is 578 g/mol. The van der Waals surface area contributed by atoms with E-state index < -0.39 is 46.6 Å². The second-order valence-electron chi connectivity index (χ2n) is 8.62.